The second kappa shape index (κ2) is 6.39. The first-order valence-corrected chi connectivity index (χ1v) is 6.44. The number of halogens is 1. The molecule has 0 saturated heterocycles. The van der Waals surface area contributed by atoms with Crippen LogP contribution in [0.2, 0.25) is 0 Å². The van der Waals surface area contributed by atoms with E-state index < -0.39 is 0 Å². The molecule has 0 aliphatic heterocycles. The number of ether oxygens (including phenoxy) is 1. The third-order valence-corrected chi connectivity index (χ3v) is 3.17. The molecule has 0 amide bonds. The van der Waals surface area contributed by atoms with Crippen molar-refractivity contribution in [2.45, 2.75) is 19.6 Å². The minimum absolute atomic E-state index is 0.0143. The fraction of sp³-hybridized carbons (Fsp3) is 0.250. The molecule has 2 rings (SSSR count). The average molecular weight is 275 g/mol. The van der Waals surface area contributed by atoms with E-state index in [1.165, 1.54) is 19.2 Å². The monoisotopic (exact) mass is 275 g/mol. The second-order valence-electron chi connectivity index (χ2n) is 4.61. The third kappa shape index (κ3) is 3.27. The van der Waals surface area contributed by atoms with E-state index in [1.807, 2.05) is 31.2 Å². The summed E-state index contributed by atoms with van der Waals surface area (Å²) in [6, 6.07) is 12.1. The van der Waals surface area contributed by atoms with Gasteiger partial charge >= 0.3 is 0 Å². The van der Waals surface area contributed by atoms with Gasteiger partial charge in [-0.25, -0.2) is 4.39 Å². The Labute approximate surface area is 118 Å². The summed E-state index contributed by atoms with van der Waals surface area (Å²) < 4.78 is 18.3. The van der Waals surface area contributed by atoms with Crippen molar-refractivity contribution in [3.63, 3.8) is 0 Å². The maximum atomic E-state index is 13.2. The van der Waals surface area contributed by atoms with E-state index in [0.29, 0.717) is 5.75 Å². The summed E-state index contributed by atoms with van der Waals surface area (Å²) >= 11 is 0. The summed E-state index contributed by atoms with van der Waals surface area (Å²) in [5.41, 5.74) is 2.64. The number of methoxy groups -OCH3 is 1. The number of aliphatic hydroxyl groups is 1. The van der Waals surface area contributed by atoms with E-state index >= 15 is 0 Å². The highest BCUT2D eigenvalue weighted by atomic mass is 19.1. The molecule has 4 heteroatoms. The maximum Gasteiger partial charge on any atom is 0.144 e. The molecule has 106 valence electrons. The predicted molar refractivity (Wildman–Crippen MR) is 77.4 cm³/mol. The summed E-state index contributed by atoms with van der Waals surface area (Å²) in [5.74, 6) is 0.137. The number of rotatable bonds is 5. The number of nitrogens with one attached hydrogen (secondary N) is 1. The Balaban J connectivity index is 2.20. The Morgan fingerprint density at radius 1 is 1.25 bits per heavy atom. The van der Waals surface area contributed by atoms with Crippen LogP contribution in [0.25, 0.3) is 0 Å². The van der Waals surface area contributed by atoms with Crippen LogP contribution < -0.4 is 10.1 Å². The highest BCUT2D eigenvalue weighted by molar-refractivity contribution is 5.57. The lowest BCUT2D eigenvalue weighted by atomic mass is 10.1. The number of aliphatic hydroxyl groups excluding tert-OH is 1. The van der Waals surface area contributed by atoms with Crippen LogP contribution in [0.3, 0.4) is 0 Å². The molecule has 0 spiro atoms. The smallest absolute Gasteiger partial charge is 0.144 e. The van der Waals surface area contributed by atoms with Gasteiger partial charge in [0.15, 0.2) is 0 Å². The molecule has 0 heterocycles. The van der Waals surface area contributed by atoms with Gasteiger partial charge in [0, 0.05) is 12.1 Å². The molecule has 0 radical (unpaired) electrons. The van der Waals surface area contributed by atoms with Gasteiger partial charge in [-0.15, -0.1) is 0 Å². The quantitative estimate of drug-likeness (QED) is 0.877. The van der Waals surface area contributed by atoms with Gasteiger partial charge < -0.3 is 15.2 Å². The van der Waals surface area contributed by atoms with Crippen molar-refractivity contribution < 1.29 is 14.2 Å². The van der Waals surface area contributed by atoms with Gasteiger partial charge in [-0.05, 0) is 30.2 Å². The minimum atomic E-state index is -0.331. The van der Waals surface area contributed by atoms with E-state index in [1.54, 1.807) is 6.07 Å². The maximum absolute atomic E-state index is 13.2. The van der Waals surface area contributed by atoms with Gasteiger partial charge in [0.2, 0.25) is 0 Å². The number of hydrogen-bond donors (Lipinski definition) is 2. The van der Waals surface area contributed by atoms with Crippen LogP contribution in [-0.4, -0.2) is 12.2 Å². The zero-order valence-electron chi connectivity index (χ0n) is 11.6. The molecule has 2 aromatic rings. The molecule has 1 unspecified atom stereocenters. The predicted octanol–water partition coefficient (Wildman–Crippen LogP) is 3.50. The molecule has 2 N–H and O–H groups in total. The van der Waals surface area contributed by atoms with Crippen molar-refractivity contribution >= 4 is 5.69 Å². The summed E-state index contributed by atoms with van der Waals surface area (Å²) in [6.07, 6.45) is 0. The minimum Gasteiger partial charge on any atom is -0.494 e. The standard InChI is InChI=1S/C16H18FNO2/c1-11(13-5-3-4-12(8-13)10-19)18-15-7-6-14(17)9-16(15)20-2/h3-9,11,18-19H,10H2,1-2H3. The van der Waals surface area contributed by atoms with Crippen LogP contribution in [0.5, 0.6) is 5.75 Å². The Morgan fingerprint density at radius 2 is 2.05 bits per heavy atom. The van der Waals surface area contributed by atoms with Crippen molar-refractivity contribution in [2.75, 3.05) is 12.4 Å². The van der Waals surface area contributed by atoms with Crippen LogP contribution in [-0.2, 0) is 6.61 Å². The molecule has 0 fully saturated rings. The molecule has 3 nitrogen and oxygen atoms in total. The molecule has 0 aliphatic rings. The SMILES string of the molecule is COc1cc(F)ccc1NC(C)c1cccc(CO)c1. The van der Waals surface area contributed by atoms with E-state index in [0.717, 1.165) is 16.8 Å². The Hall–Kier alpha value is -2.07. The highest BCUT2D eigenvalue weighted by Crippen LogP contribution is 2.29. The van der Waals surface area contributed by atoms with E-state index in [9.17, 15) is 4.39 Å². The molecule has 0 aromatic heterocycles. The van der Waals surface area contributed by atoms with E-state index in [-0.39, 0.29) is 18.5 Å². The van der Waals surface area contributed by atoms with Gasteiger partial charge in [0.25, 0.3) is 0 Å². The largest absolute Gasteiger partial charge is 0.494 e. The molecule has 2 aromatic carbocycles. The summed E-state index contributed by atoms with van der Waals surface area (Å²) in [5, 5.41) is 12.4. The van der Waals surface area contributed by atoms with Gasteiger partial charge in [0.05, 0.1) is 19.4 Å². The topological polar surface area (TPSA) is 41.5 Å². The first kappa shape index (κ1) is 14.3. The van der Waals surface area contributed by atoms with E-state index in [4.69, 9.17) is 9.84 Å². The molecule has 0 bridgehead atoms. The Kier molecular flexibility index (Phi) is 4.58. The first-order valence-electron chi connectivity index (χ1n) is 6.44. The van der Waals surface area contributed by atoms with Gasteiger partial charge in [0.1, 0.15) is 11.6 Å². The van der Waals surface area contributed by atoms with Crippen molar-refractivity contribution in [3.8, 4) is 5.75 Å². The molecular formula is C16H18FNO2. The summed E-state index contributed by atoms with van der Waals surface area (Å²) in [4.78, 5) is 0. The lowest BCUT2D eigenvalue weighted by Gasteiger charge is -2.18. The normalized spacial score (nSPS) is 12.0. The molecule has 0 saturated carbocycles. The third-order valence-electron chi connectivity index (χ3n) is 3.17. The molecular weight excluding hydrogens is 257 g/mol. The zero-order chi connectivity index (χ0) is 14.5. The second-order valence-corrected chi connectivity index (χ2v) is 4.61. The lowest BCUT2D eigenvalue weighted by Crippen LogP contribution is -2.08. The van der Waals surface area contributed by atoms with Crippen LogP contribution in [0.4, 0.5) is 10.1 Å². The number of hydrogen-bond acceptors (Lipinski definition) is 3. The van der Waals surface area contributed by atoms with Crippen LogP contribution in [0.1, 0.15) is 24.1 Å². The molecule has 0 aliphatic carbocycles. The van der Waals surface area contributed by atoms with Crippen LogP contribution in [0, 0.1) is 5.82 Å². The number of anilines is 1. The van der Waals surface area contributed by atoms with Gasteiger partial charge in [-0.1, -0.05) is 24.3 Å². The van der Waals surface area contributed by atoms with Crippen LogP contribution in [0.15, 0.2) is 42.5 Å². The fourth-order valence-electron chi connectivity index (χ4n) is 2.06. The molecule has 1 atom stereocenters. The Morgan fingerprint density at radius 3 is 2.75 bits per heavy atom. The summed E-state index contributed by atoms with van der Waals surface area (Å²) in [7, 11) is 1.51. The Bertz CT molecular complexity index is 586. The van der Waals surface area contributed by atoms with Gasteiger partial charge in [-0.2, -0.15) is 0 Å². The van der Waals surface area contributed by atoms with Crippen molar-refractivity contribution in [1.82, 2.24) is 0 Å². The highest BCUT2D eigenvalue weighted by Gasteiger charge is 2.10. The van der Waals surface area contributed by atoms with Gasteiger partial charge in [-0.3, -0.25) is 0 Å². The average Bonchev–Trinajstić information content (AvgIpc) is 2.49. The van der Waals surface area contributed by atoms with Crippen molar-refractivity contribution in [2.24, 2.45) is 0 Å². The van der Waals surface area contributed by atoms with E-state index in [2.05, 4.69) is 5.32 Å². The molecule has 20 heavy (non-hydrogen) atoms. The zero-order valence-corrected chi connectivity index (χ0v) is 11.6. The van der Waals surface area contributed by atoms with Crippen LogP contribution >= 0.6 is 0 Å². The first-order chi connectivity index (χ1) is 9.63. The van der Waals surface area contributed by atoms with Crippen molar-refractivity contribution in [3.05, 3.63) is 59.4 Å². The number of benzene rings is 2. The fourth-order valence-corrected chi connectivity index (χ4v) is 2.06. The van der Waals surface area contributed by atoms with Crippen molar-refractivity contribution in [1.29, 1.82) is 0 Å². The lowest BCUT2D eigenvalue weighted by molar-refractivity contribution is 0.281. The summed E-state index contributed by atoms with van der Waals surface area (Å²) in [6.45, 7) is 2.01.